The van der Waals surface area contributed by atoms with Crippen molar-refractivity contribution in [2.75, 3.05) is 7.11 Å². The molecule has 0 aliphatic carbocycles. The van der Waals surface area contributed by atoms with E-state index in [9.17, 15) is 4.79 Å². The number of hydrogen-bond acceptors (Lipinski definition) is 3. The van der Waals surface area contributed by atoms with Gasteiger partial charge in [0.15, 0.2) is 5.60 Å². The molecule has 0 spiro atoms. The second kappa shape index (κ2) is 4.53. The lowest BCUT2D eigenvalue weighted by atomic mass is 10.1. The third-order valence-electron chi connectivity index (χ3n) is 1.88. The van der Waals surface area contributed by atoms with Gasteiger partial charge in [0.05, 0.1) is 12.1 Å². The third-order valence-corrected chi connectivity index (χ3v) is 2.19. The molecule has 0 aliphatic heterocycles. The molecular formula is C11H13ClO3. The summed E-state index contributed by atoms with van der Waals surface area (Å²) in [5.74, 6) is 0.0250. The topological polar surface area (TPSA) is 35.5 Å². The lowest BCUT2D eigenvalue weighted by molar-refractivity contribution is -0.156. The Morgan fingerprint density at radius 3 is 2.47 bits per heavy atom. The predicted octanol–water partition coefficient (Wildman–Crippen LogP) is 2.67. The lowest BCUT2D eigenvalue weighted by Crippen LogP contribution is -2.39. The van der Waals surface area contributed by atoms with Crippen molar-refractivity contribution >= 4 is 17.6 Å². The van der Waals surface area contributed by atoms with Crippen LogP contribution in [0, 0.1) is 0 Å². The Hall–Kier alpha value is -1.22. The lowest BCUT2D eigenvalue weighted by Gasteiger charge is -2.23. The van der Waals surface area contributed by atoms with E-state index in [0.29, 0.717) is 10.8 Å². The standard InChI is InChI=1S/C11H13ClO3/c1-11(2,10(13)14-3)15-9-7-5-4-6-8(9)12/h4-7H,1-3H3. The largest absolute Gasteiger partial charge is 0.475 e. The molecular weight excluding hydrogens is 216 g/mol. The van der Waals surface area contributed by atoms with Crippen molar-refractivity contribution in [1.29, 1.82) is 0 Å². The Labute approximate surface area is 93.9 Å². The van der Waals surface area contributed by atoms with Gasteiger partial charge >= 0.3 is 5.97 Å². The van der Waals surface area contributed by atoms with Gasteiger partial charge in [-0.2, -0.15) is 0 Å². The number of rotatable bonds is 3. The number of benzene rings is 1. The molecule has 0 heterocycles. The molecule has 1 aromatic rings. The van der Waals surface area contributed by atoms with Gasteiger partial charge in [0.25, 0.3) is 0 Å². The molecule has 82 valence electrons. The minimum atomic E-state index is -1.04. The number of carbonyl (C=O) groups excluding carboxylic acids is 1. The molecule has 0 saturated heterocycles. The summed E-state index contributed by atoms with van der Waals surface area (Å²) < 4.78 is 10.1. The Morgan fingerprint density at radius 2 is 1.93 bits per heavy atom. The summed E-state index contributed by atoms with van der Waals surface area (Å²) in [5, 5.41) is 0.467. The number of para-hydroxylation sites is 1. The Balaban J connectivity index is 2.86. The van der Waals surface area contributed by atoms with Crippen LogP contribution < -0.4 is 4.74 Å². The van der Waals surface area contributed by atoms with E-state index in [1.54, 1.807) is 38.1 Å². The van der Waals surface area contributed by atoms with Crippen molar-refractivity contribution in [2.24, 2.45) is 0 Å². The van der Waals surface area contributed by atoms with Crippen LogP contribution >= 0.6 is 11.6 Å². The van der Waals surface area contributed by atoms with Gasteiger partial charge in [0, 0.05) is 0 Å². The van der Waals surface area contributed by atoms with Crippen LogP contribution in [0.3, 0.4) is 0 Å². The predicted molar refractivity (Wildman–Crippen MR) is 58.2 cm³/mol. The van der Waals surface area contributed by atoms with E-state index in [0.717, 1.165) is 0 Å². The maximum atomic E-state index is 11.4. The first-order valence-corrected chi connectivity index (χ1v) is 4.87. The van der Waals surface area contributed by atoms with E-state index in [1.807, 2.05) is 0 Å². The quantitative estimate of drug-likeness (QED) is 0.747. The van der Waals surface area contributed by atoms with Gasteiger partial charge < -0.3 is 9.47 Å². The van der Waals surface area contributed by atoms with Gasteiger partial charge in [0.2, 0.25) is 0 Å². The number of esters is 1. The van der Waals surface area contributed by atoms with Crippen LogP contribution in [0.1, 0.15) is 13.8 Å². The Kier molecular flexibility index (Phi) is 3.58. The summed E-state index contributed by atoms with van der Waals surface area (Å²) in [7, 11) is 1.32. The Morgan fingerprint density at radius 1 is 1.33 bits per heavy atom. The number of halogens is 1. The molecule has 3 nitrogen and oxygen atoms in total. The summed E-state index contributed by atoms with van der Waals surface area (Å²) in [6, 6.07) is 6.98. The average molecular weight is 229 g/mol. The van der Waals surface area contributed by atoms with E-state index in [1.165, 1.54) is 7.11 Å². The van der Waals surface area contributed by atoms with Gasteiger partial charge in [-0.3, -0.25) is 0 Å². The molecule has 1 rings (SSSR count). The fraction of sp³-hybridized carbons (Fsp3) is 0.364. The van der Waals surface area contributed by atoms with Crippen molar-refractivity contribution < 1.29 is 14.3 Å². The second-order valence-electron chi connectivity index (χ2n) is 3.53. The van der Waals surface area contributed by atoms with E-state index in [2.05, 4.69) is 4.74 Å². The molecule has 0 unspecified atom stereocenters. The number of ether oxygens (including phenoxy) is 2. The van der Waals surface area contributed by atoms with Crippen LogP contribution in [-0.4, -0.2) is 18.7 Å². The highest BCUT2D eigenvalue weighted by Gasteiger charge is 2.31. The van der Waals surface area contributed by atoms with Gasteiger partial charge in [-0.15, -0.1) is 0 Å². The molecule has 0 bridgehead atoms. The highest BCUT2D eigenvalue weighted by molar-refractivity contribution is 6.32. The summed E-state index contributed by atoms with van der Waals surface area (Å²) in [6.07, 6.45) is 0. The van der Waals surface area contributed by atoms with Crippen molar-refractivity contribution in [3.05, 3.63) is 29.3 Å². The summed E-state index contributed by atoms with van der Waals surface area (Å²) in [6.45, 7) is 3.25. The first kappa shape index (κ1) is 11.9. The number of methoxy groups -OCH3 is 1. The third kappa shape index (κ3) is 2.86. The maximum Gasteiger partial charge on any atom is 0.349 e. The van der Waals surface area contributed by atoms with Crippen LogP contribution in [0.2, 0.25) is 5.02 Å². The normalized spacial score (nSPS) is 10.9. The summed E-state index contributed by atoms with van der Waals surface area (Å²) in [5.41, 5.74) is -1.04. The fourth-order valence-electron chi connectivity index (χ4n) is 1.09. The summed E-state index contributed by atoms with van der Waals surface area (Å²) >= 11 is 5.90. The van der Waals surface area contributed by atoms with Gasteiger partial charge in [-0.1, -0.05) is 23.7 Å². The van der Waals surface area contributed by atoms with E-state index in [-0.39, 0.29) is 0 Å². The van der Waals surface area contributed by atoms with Crippen molar-refractivity contribution in [2.45, 2.75) is 19.4 Å². The van der Waals surface area contributed by atoms with Crippen molar-refractivity contribution in [1.82, 2.24) is 0 Å². The number of carbonyl (C=O) groups is 1. The van der Waals surface area contributed by atoms with Gasteiger partial charge in [-0.25, -0.2) is 4.79 Å². The molecule has 0 fully saturated rings. The summed E-state index contributed by atoms with van der Waals surface area (Å²) in [4.78, 5) is 11.4. The smallest absolute Gasteiger partial charge is 0.349 e. The van der Waals surface area contributed by atoms with Crippen LogP contribution in [0.4, 0.5) is 0 Å². The van der Waals surface area contributed by atoms with E-state index in [4.69, 9.17) is 16.3 Å². The van der Waals surface area contributed by atoms with Crippen LogP contribution in [0.5, 0.6) is 5.75 Å². The van der Waals surface area contributed by atoms with Crippen LogP contribution in [-0.2, 0) is 9.53 Å². The van der Waals surface area contributed by atoms with Gasteiger partial charge in [-0.05, 0) is 26.0 Å². The number of hydrogen-bond donors (Lipinski definition) is 0. The average Bonchev–Trinajstić information content (AvgIpc) is 2.20. The monoisotopic (exact) mass is 228 g/mol. The molecule has 0 atom stereocenters. The molecule has 0 aromatic heterocycles. The zero-order valence-electron chi connectivity index (χ0n) is 8.91. The minimum Gasteiger partial charge on any atom is -0.475 e. The van der Waals surface area contributed by atoms with Crippen molar-refractivity contribution in [3.8, 4) is 5.75 Å². The van der Waals surface area contributed by atoms with Crippen LogP contribution in [0.25, 0.3) is 0 Å². The van der Waals surface area contributed by atoms with Crippen molar-refractivity contribution in [3.63, 3.8) is 0 Å². The van der Waals surface area contributed by atoms with Crippen LogP contribution in [0.15, 0.2) is 24.3 Å². The molecule has 0 radical (unpaired) electrons. The fourth-order valence-corrected chi connectivity index (χ4v) is 1.26. The minimum absolute atomic E-state index is 0.442. The zero-order chi connectivity index (χ0) is 11.5. The van der Waals surface area contributed by atoms with E-state index >= 15 is 0 Å². The van der Waals surface area contributed by atoms with Gasteiger partial charge in [0.1, 0.15) is 5.75 Å². The molecule has 0 aliphatic rings. The molecule has 0 N–H and O–H groups in total. The first-order valence-electron chi connectivity index (χ1n) is 4.49. The maximum absolute atomic E-state index is 11.4. The molecule has 0 amide bonds. The Bertz CT molecular complexity index is 361. The SMILES string of the molecule is COC(=O)C(C)(C)Oc1ccccc1Cl. The first-order chi connectivity index (χ1) is 6.97. The molecule has 15 heavy (non-hydrogen) atoms. The highest BCUT2D eigenvalue weighted by Crippen LogP contribution is 2.27. The van der Waals surface area contributed by atoms with E-state index < -0.39 is 11.6 Å². The molecule has 1 aromatic carbocycles. The molecule has 0 saturated carbocycles. The second-order valence-corrected chi connectivity index (χ2v) is 3.94. The zero-order valence-corrected chi connectivity index (χ0v) is 9.67. The molecule has 4 heteroatoms. The highest BCUT2D eigenvalue weighted by atomic mass is 35.5.